The number of hydrogen-bond donors (Lipinski definition) is 0. The summed E-state index contributed by atoms with van der Waals surface area (Å²) in [6.07, 6.45) is 3.49. The standard InChI is InChI=1S/C11H14BrNO2/c1-9-4-7-13-10(8-9)11(14-2,15-3)5-6-12/h4-8H,1-3H3/b6-5+. The molecule has 0 bridgehead atoms. The average molecular weight is 272 g/mol. The van der Waals surface area contributed by atoms with Crippen molar-refractivity contribution >= 4 is 15.9 Å². The zero-order valence-electron chi connectivity index (χ0n) is 9.03. The van der Waals surface area contributed by atoms with Crippen molar-refractivity contribution in [2.45, 2.75) is 12.7 Å². The number of halogens is 1. The molecule has 0 saturated heterocycles. The van der Waals surface area contributed by atoms with E-state index in [1.54, 1.807) is 31.5 Å². The molecule has 0 atom stereocenters. The van der Waals surface area contributed by atoms with E-state index in [1.165, 1.54) is 0 Å². The van der Waals surface area contributed by atoms with Gasteiger partial charge in [-0.25, -0.2) is 0 Å². The first-order valence-electron chi connectivity index (χ1n) is 4.50. The lowest BCUT2D eigenvalue weighted by Crippen LogP contribution is -2.29. The van der Waals surface area contributed by atoms with Gasteiger partial charge >= 0.3 is 0 Å². The van der Waals surface area contributed by atoms with Crippen LogP contribution in [0.3, 0.4) is 0 Å². The van der Waals surface area contributed by atoms with Crippen molar-refractivity contribution in [1.82, 2.24) is 4.98 Å². The van der Waals surface area contributed by atoms with Gasteiger partial charge in [0.15, 0.2) is 0 Å². The fourth-order valence-corrected chi connectivity index (χ4v) is 1.67. The summed E-state index contributed by atoms with van der Waals surface area (Å²) < 4.78 is 10.7. The molecule has 15 heavy (non-hydrogen) atoms. The van der Waals surface area contributed by atoms with Gasteiger partial charge in [0.2, 0.25) is 5.79 Å². The number of hydrogen-bond acceptors (Lipinski definition) is 3. The van der Waals surface area contributed by atoms with Crippen molar-refractivity contribution in [2.24, 2.45) is 0 Å². The van der Waals surface area contributed by atoms with Gasteiger partial charge in [-0.1, -0.05) is 15.9 Å². The van der Waals surface area contributed by atoms with Crippen LogP contribution in [0.1, 0.15) is 11.3 Å². The molecule has 0 fully saturated rings. The highest BCUT2D eigenvalue weighted by molar-refractivity contribution is 9.11. The smallest absolute Gasteiger partial charge is 0.232 e. The lowest BCUT2D eigenvalue weighted by Gasteiger charge is -2.26. The van der Waals surface area contributed by atoms with Crippen LogP contribution in [0.15, 0.2) is 29.4 Å². The van der Waals surface area contributed by atoms with E-state index in [-0.39, 0.29) is 0 Å². The number of pyridine rings is 1. The highest BCUT2D eigenvalue weighted by Crippen LogP contribution is 2.26. The number of aromatic nitrogens is 1. The molecule has 0 aliphatic rings. The van der Waals surface area contributed by atoms with Gasteiger partial charge in [-0.2, -0.15) is 0 Å². The highest BCUT2D eigenvalue weighted by atomic mass is 79.9. The topological polar surface area (TPSA) is 31.4 Å². The summed E-state index contributed by atoms with van der Waals surface area (Å²) in [6.45, 7) is 2.00. The molecular weight excluding hydrogens is 258 g/mol. The minimum Gasteiger partial charge on any atom is -0.345 e. The van der Waals surface area contributed by atoms with Crippen LogP contribution in [0, 0.1) is 6.92 Å². The second-order valence-electron chi connectivity index (χ2n) is 3.09. The van der Waals surface area contributed by atoms with Gasteiger partial charge in [-0.15, -0.1) is 0 Å². The number of aryl methyl sites for hydroxylation is 1. The third kappa shape index (κ3) is 2.65. The molecule has 0 saturated carbocycles. The summed E-state index contributed by atoms with van der Waals surface area (Å²) in [5, 5.41) is 0. The number of rotatable bonds is 4. The molecule has 1 aromatic rings. The SMILES string of the molecule is COC(/C=C/Br)(OC)c1cc(C)ccn1. The number of methoxy groups -OCH3 is 2. The summed E-state index contributed by atoms with van der Waals surface area (Å²) in [5.74, 6) is -0.921. The normalized spacial score (nSPS) is 12.3. The molecule has 0 radical (unpaired) electrons. The maximum absolute atomic E-state index is 5.37. The van der Waals surface area contributed by atoms with Gasteiger partial charge in [-0.3, -0.25) is 4.98 Å². The van der Waals surface area contributed by atoms with Crippen LogP contribution in [0.2, 0.25) is 0 Å². The first-order chi connectivity index (χ1) is 7.18. The largest absolute Gasteiger partial charge is 0.345 e. The predicted molar refractivity (Wildman–Crippen MR) is 62.7 cm³/mol. The van der Waals surface area contributed by atoms with E-state index in [4.69, 9.17) is 9.47 Å². The van der Waals surface area contributed by atoms with Crippen LogP contribution in [-0.2, 0) is 15.3 Å². The van der Waals surface area contributed by atoms with Crippen LogP contribution >= 0.6 is 15.9 Å². The Balaban J connectivity index is 3.19. The van der Waals surface area contributed by atoms with Crippen molar-refractivity contribution in [1.29, 1.82) is 0 Å². The molecule has 0 unspecified atom stereocenters. The van der Waals surface area contributed by atoms with E-state index in [0.29, 0.717) is 0 Å². The van der Waals surface area contributed by atoms with Crippen LogP contribution in [0.4, 0.5) is 0 Å². The zero-order chi connectivity index (χ0) is 11.3. The Morgan fingerprint density at radius 1 is 1.40 bits per heavy atom. The van der Waals surface area contributed by atoms with Crippen LogP contribution in [0.5, 0.6) is 0 Å². The Morgan fingerprint density at radius 2 is 2.07 bits per heavy atom. The van der Waals surface area contributed by atoms with Crippen molar-refractivity contribution in [2.75, 3.05) is 14.2 Å². The van der Waals surface area contributed by atoms with E-state index in [9.17, 15) is 0 Å². The van der Waals surface area contributed by atoms with E-state index >= 15 is 0 Å². The lowest BCUT2D eigenvalue weighted by molar-refractivity contribution is -0.180. The Bertz CT molecular complexity index is 348. The van der Waals surface area contributed by atoms with E-state index in [1.807, 2.05) is 19.1 Å². The summed E-state index contributed by atoms with van der Waals surface area (Å²) in [4.78, 5) is 5.95. The van der Waals surface area contributed by atoms with E-state index in [2.05, 4.69) is 20.9 Å². The molecule has 3 nitrogen and oxygen atoms in total. The lowest BCUT2D eigenvalue weighted by atomic mass is 10.1. The summed E-state index contributed by atoms with van der Waals surface area (Å²) in [5.41, 5.74) is 1.84. The number of nitrogens with zero attached hydrogens (tertiary/aromatic N) is 1. The minimum atomic E-state index is -0.921. The van der Waals surface area contributed by atoms with Gasteiger partial charge in [0.1, 0.15) is 5.69 Å². The summed E-state index contributed by atoms with van der Waals surface area (Å²) >= 11 is 3.21. The molecule has 1 aromatic heterocycles. The van der Waals surface area contributed by atoms with Gasteiger partial charge in [-0.05, 0) is 35.7 Å². The molecule has 1 heterocycles. The van der Waals surface area contributed by atoms with Crippen molar-refractivity contribution in [3.63, 3.8) is 0 Å². The van der Waals surface area contributed by atoms with E-state index in [0.717, 1.165) is 11.3 Å². The fraction of sp³-hybridized carbons (Fsp3) is 0.364. The Labute approximate surface area is 98.2 Å². The van der Waals surface area contributed by atoms with E-state index < -0.39 is 5.79 Å². The molecule has 4 heteroatoms. The summed E-state index contributed by atoms with van der Waals surface area (Å²) in [7, 11) is 3.17. The first-order valence-corrected chi connectivity index (χ1v) is 5.41. The van der Waals surface area contributed by atoms with Gasteiger partial charge < -0.3 is 9.47 Å². The van der Waals surface area contributed by atoms with Gasteiger partial charge in [0, 0.05) is 20.4 Å². The molecular formula is C11H14BrNO2. The Morgan fingerprint density at radius 3 is 2.53 bits per heavy atom. The van der Waals surface area contributed by atoms with Crippen LogP contribution in [0.25, 0.3) is 0 Å². The quantitative estimate of drug-likeness (QED) is 0.790. The molecule has 82 valence electrons. The maximum Gasteiger partial charge on any atom is 0.232 e. The van der Waals surface area contributed by atoms with Gasteiger partial charge in [0.05, 0.1) is 0 Å². The molecule has 0 spiro atoms. The maximum atomic E-state index is 5.37. The Hall–Kier alpha value is -0.710. The third-order valence-corrected chi connectivity index (χ3v) is 2.43. The second-order valence-corrected chi connectivity index (χ2v) is 3.62. The van der Waals surface area contributed by atoms with Crippen LogP contribution in [-0.4, -0.2) is 19.2 Å². The Kier molecular flexibility index (Phi) is 4.45. The van der Waals surface area contributed by atoms with Crippen LogP contribution < -0.4 is 0 Å². The number of ether oxygens (including phenoxy) is 2. The second kappa shape index (κ2) is 5.39. The van der Waals surface area contributed by atoms with Crippen molar-refractivity contribution < 1.29 is 9.47 Å². The molecule has 0 aromatic carbocycles. The zero-order valence-corrected chi connectivity index (χ0v) is 10.6. The molecule has 0 aliphatic heterocycles. The van der Waals surface area contributed by atoms with Crippen molar-refractivity contribution in [3.05, 3.63) is 40.6 Å². The summed E-state index contributed by atoms with van der Waals surface area (Å²) in [6, 6.07) is 3.86. The molecule has 1 rings (SSSR count). The fourth-order valence-electron chi connectivity index (χ4n) is 1.32. The first kappa shape index (κ1) is 12.4. The highest BCUT2D eigenvalue weighted by Gasteiger charge is 2.30. The average Bonchev–Trinajstić information content (AvgIpc) is 2.26. The molecule has 0 amide bonds. The predicted octanol–water partition coefficient (Wildman–Crippen LogP) is 2.74. The van der Waals surface area contributed by atoms with Gasteiger partial charge in [0.25, 0.3) is 0 Å². The minimum absolute atomic E-state index is 0.725. The van der Waals surface area contributed by atoms with Crippen molar-refractivity contribution in [3.8, 4) is 0 Å². The molecule has 0 N–H and O–H groups in total. The monoisotopic (exact) mass is 271 g/mol. The molecule has 0 aliphatic carbocycles. The third-order valence-electron chi connectivity index (χ3n) is 2.16.